The zero-order chi connectivity index (χ0) is 17.8. The highest BCUT2D eigenvalue weighted by Gasteiger charge is 2.31. The monoisotopic (exact) mass is 343 g/mol. The number of para-hydroxylation sites is 1. The molecular formula is C19H21NO5. The highest BCUT2D eigenvalue weighted by Crippen LogP contribution is 2.20. The molecule has 3 rings (SSSR count). The van der Waals surface area contributed by atoms with E-state index in [-0.39, 0.29) is 12.0 Å². The molecule has 132 valence electrons. The van der Waals surface area contributed by atoms with E-state index in [1.165, 1.54) is 6.07 Å². The number of carbonyl (C=O) groups is 1. The number of hydrogen-bond acceptors (Lipinski definition) is 5. The number of carbonyl (C=O) groups excluding carboxylic acids is 1. The second kappa shape index (κ2) is 7.42. The number of amides is 1. The van der Waals surface area contributed by atoms with Gasteiger partial charge in [-0.2, -0.15) is 0 Å². The number of nitrogens with zero attached hydrogens (tertiary/aromatic N) is 1. The van der Waals surface area contributed by atoms with Gasteiger partial charge < -0.3 is 18.8 Å². The van der Waals surface area contributed by atoms with Gasteiger partial charge in [-0.3, -0.25) is 4.79 Å². The number of rotatable bonds is 5. The van der Waals surface area contributed by atoms with Gasteiger partial charge in [0.05, 0.1) is 12.6 Å². The van der Waals surface area contributed by atoms with E-state index in [1.807, 2.05) is 30.3 Å². The van der Waals surface area contributed by atoms with Gasteiger partial charge in [0.15, 0.2) is 6.10 Å². The van der Waals surface area contributed by atoms with Crippen LogP contribution in [-0.4, -0.2) is 36.1 Å². The van der Waals surface area contributed by atoms with E-state index < -0.39 is 11.7 Å². The van der Waals surface area contributed by atoms with Crippen LogP contribution in [0.1, 0.15) is 19.1 Å². The van der Waals surface area contributed by atoms with E-state index in [0.29, 0.717) is 36.8 Å². The molecule has 2 atom stereocenters. The molecule has 6 nitrogen and oxygen atoms in total. The van der Waals surface area contributed by atoms with Crippen molar-refractivity contribution in [3.8, 4) is 11.5 Å². The lowest BCUT2D eigenvalue weighted by Gasteiger charge is -2.22. The molecule has 1 aromatic carbocycles. The molecule has 1 fully saturated rings. The summed E-state index contributed by atoms with van der Waals surface area (Å²) in [6.07, 6.45) is 0.00420. The lowest BCUT2D eigenvalue weighted by molar-refractivity contribution is -0.137. The predicted octanol–water partition coefficient (Wildman–Crippen LogP) is 2.40. The smallest absolute Gasteiger partial charge is 0.339 e. The maximum Gasteiger partial charge on any atom is 0.339 e. The minimum Gasteiger partial charge on any atom is -0.488 e. The van der Waals surface area contributed by atoms with Crippen molar-refractivity contribution in [2.75, 3.05) is 13.1 Å². The molecule has 25 heavy (non-hydrogen) atoms. The van der Waals surface area contributed by atoms with Crippen molar-refractivity contribution in [1.82, 2.24) is 4.90 Å². The number of benzene rings is 1. The van der Waals surface area contributed by atoms with E-state index in [4.69, 9.17) is 13.9 Å². The molecule has 0 bridgehead atoms. The summed E-state index contributed by atoms with van der Waals surface area (Å²) in [5, 5.41) is 0. The second-order valence-electron chi connectivity index (χ2n) is 6.11. The Kier molecular flexibility index (Phi) is 5.07. The van der Waals surface area contributed by atoms with Crippen LogP contribution in [-0.2, 0) is 4.79 Å². The largest absolute Gasteiger partial charge is 0.488 e. The maximum atomic E-state index is 12.5. The van der Waals surface area contributed by atoms with Crippen LogP contribution >= 0.6 is 0 Å². The van der Waals surface area contributed by atoms with Crippen LogP contribution in [0.3, 0.4) is 0 Å². The first-order valence-corrected chi connectivity index (χ1v) is 8.30. The Morgan fingerprint density at radius 3 is 2.72 bits per heavy atom. The van der Waals surface area contributed by atoms with Crippen LogP contribution in [0.15, 0.2) is 51.7 Å². The van der Waals surface area contributed by atoms with Crippen molar-refractivity contribution < 1.29 is 18.7 Å². The molecule has 0 spiro atoms. The molecular weight excluding hydrogens is 322 g/mol. The molecule has 0 unspecified atom stereocenters. The number of aryl methyl sites for hydroxylation is 1. The van der Waals surface area contributed by atoms with Crippen molar-refractivity contribution in [2.45, 2.75) is 32.5 Å². The molecule has 0 radical (unpaired) electrons. The van der Waals surface area contributed by atoms with Gasteiger partial charge in [0.1, 0.15) is 23.4 Å². The molecule has 1 aliphatic heterocycles. The summed E-state index contributed by atoms with van der Waals surface area (Å²) in [4.78, 5) is 25.7. The third-order valence-corrected chi connectivity index (χ3v) is 4.03. The van der Waals surface area contributed by atoms with Crippen molar-refractivity contribution in [3.05, 3.63) is 58.6 Å². The third kappa shape index (κ3) is 4.41. The second-order valence-corrected chi connectivity index (χ2v) is 6.11. The van der Waals surface area contributed by atoms with Crippen LogP contribution < -0.4 is 15.1 Å². The van der Waals surface area contributed by atoms with Crippen molar-refractivity contribution in [1.29, 1.82) is 0 Å². The lowest BCUT2D eigenvalue weighted by Crippen LogP contribution is -2.40. The maximum absolute atomic E-state index is 12.5. The van der Waals surface area contributed by atoms with E-state index in [9.17, 15) is 9.59 Å². The molecule has 2 heterocycles. The number of hydrogen-bond donors (Lipinski definition) is 0. The third-order valence-electron chi connectivity index (χ3n) is 4.03. The Hall–Kier alpha value is -2.76. The van der Waals surface area contributed by atoms with Crippen molar-refractivity contribution >= 4 is 5.91 Å². The molecule has 1 amide bonds. The molecule has 0 saturated carbocycles. The summed E-state index contributed by atoms with van der Waals surface area (Å²) in [6.45, 7) is 4.52. The fourth-order valence-electron chi connectivity index (χ4n) is 2.87. The normalized spacial score (nSPS) is 18.0. The highest BCUT2D eigenvalue weighted by molar-refractivity contribution is 5.81. The molecule has 0 aliphatic carbocycles. The first-order chi connectivity index (χ1) is 12.0. The molecule has 1 aliphatic rings. The van der Waals surface area contributed by atoms with Gasteiger partial charge in [0.2, 0.25) is 0 Å². The van der Waals surface area contributed by atoms with Gasteiger partial charge in [-0.1, -0.05) is 18.2 Å². The minimum absolute atomic E-state index is 0.0706. The van der Waals surface area contributed by atoms with E-state index in [2.05, 4.69) is 0 Å². The van der Waals surface area contributed by atoms with Crippen LogP contribution in [0.25, 0.3) is 0 Å². The number of ether oxygens (including phenoxy) is 2. The topological polar surface area (TPSA) is 69.0 Å². The molecule has 0 N–H and O–H groups in total. The standard InChI is InChI=1S/C19H21NO5/c1-13-10-17(11-18(21)23-13)25-16-8-9-20(12-16)19(22)14(2)24-15-6-4-3-5-7-15/h3-7,10-11,14,16H,8-9,12H2,1-2H3/t14-,16-/m1/s1. The fraction of sp³-hybridized carbons (Fsp3) is 0.368. The summed E-state index contributed by atoms with van der Waals surface area (Å²) >= 11 is 0. The zero-order valence-corrected chi connectivity index (χ0v) is 14.3. The Labute approximate surface area is 146 Å². The first kappa shape index (κ1) is 17.1. The van der Waals surface area contributed by atoms with E-state index in [1.54, 1.807) is 24.8 Å². The van der Waals surface area contributed by atoms with Crippen LogP contribution in [0.5, 0.6) is 11.5 Å². The minimum atomic E-state index is -0.563. The van der Waals surface area contributed by atoms with Crippen molar-refractivity contribution in [2.24, 2.45) is 0 Å². The van der Waals surface area contributed by atoms with Gasteiger partial charge >= 0.3 is 5.63 Å². The van der Waals surface area contributed by atoms with Gasteiger partial charge in [-0.25, -0.2) is 4.79 Å². The van der Waals surface area contributed by atoms with Crippen molar-refractivity contribution in [3.63, 3.8) is 0 Å². The van der Waals surface area contributed by atoms with Gasteiger partial charge in [0.25, 0.3) is 5.91 Å². The lowest BCUT2D eigenvalue weighted by atomic mass is 10.3. The number of likely N-dealkylation sites (tertiary alicyclic amines) is 1. The molecule has 2 aromatic rings. The zero-order valence-electron chi connectivity index (χ0n) is 14.3. The first-order valence-electron chi connectivity index (χ1n) is 8.30. The van der Waals surface area contributed by atoms with Gasteiger partial charge in [0, 0.05) is 19.0 Å². The van der Waals surface area contributed by atoms with Gasteiger partial charge in [-0.05, 0) is 26.0 Å². The summed E-state index contributed by atoms with van der Waals surface area (Å²) in [6, 6.07) is 12.3. The predicted molar refractivity (Wildman–Crippen MR) is 91.9 cm³/mol. The summed E-state index contributed by atoms with van der Waals surface area (Å²) in [7, 11) is 0. The van der Waals surface area contributed by atoms with Crippen LogP contribution in [0, 0.1) is 6.92 Å². The average Bonchev–Trinajstić information content (AvgIpc) is 3.02. The Morgan fingerprint density at radius 1 is 1.24 bits per heavy atom. The van der Waals surface area contributed by atoms with Crippen LogP contribution in [0.4, 0.5) is 0 Å². The molecule has 1 saturated heterocycles. The van der Waals surface area contributed by atoms with E-state index in [0.717, 1.165) is 0 Å². The fourth-order valence-corrected chi connectivity index (χ4v) is 2.87. The highest BCUT2D eigenvalue weighted by atomic mass is 16.5. The van der Waals surface area contributed by atoms with Gasteiger partial charge in [-0.15, -0.1) is 0 Å². The average molecular weight is 343 g/mol. The molecule has 1 aromatic heterocycles. The summed E-state index contributed by atoms with van der Waals surface area (Å²) < 4.78 is 16.4. The quantitative estimate of drug-likeness (QED) is 0.834. The summed E-state index contributed by atoms with van der Waals surface area (Å²) in [5.41, 5.74) is -0.439. The van der Waals surface area contributed by atoms with Crippen LogP contribution in [0.2, 0.25) is 0 Å². The SMILES string of the molecule is Cc1cc(O[C@@H]2CCN(C(=O)[C@@H](C)Oc3ccccc3)C2)cc(=O)o1. The Morgan fingerprint density at radius 2 is 2.00 bits per heavy atom. The Bertz CT molecular complexity index is 786. The van der Waals surface area contributed by atoms with E-state index >= 15 is 0 Å². The molecule has 6 heteroatoms. The summed E-state index contributed by atoms with van der Waals surface area (Å²) in [5.74, 6) is 1.57. The Balaban J connectivity index is 1.56.